The highest BCUT2D eigenvalue weighted by molar-refractivity contribution is 8.01. The van der Waals surface area contributed by atoms with Gasteiger partial charge in [-0.15, -0.1) is 23.1 Å². The molecule has 1 aromatic heterocycles. The van der Waals surface area contributed by atoms with Crippen LogP contribution in [-0.2, 0) is 9.84 Å². The maximum atomic E-state index is 13.4. The minimum atomic E-state index is -3.98. The lowest BCUT2D eigenvalue weighted by molar-refractivity contribution is -0.384. The van der Waals surface area contributed by atoms with Crippen LogP contribution in [0.25, 0.3) is 11.1 Å². The molecule has 13 heteroatoms. The van der Waals surface area contributed by atoms with Crippen LogP contribution in [0.4, 0.5) is 11.4 Å². The van der Waals surface area contributed by atoms with Gasteiger partial charge in [0.25, 0.3) is 5.69 Å². The molecule has 0 amide bonds. The van der Waals surface area contributed by atoms with E-state index in [1.54, 1.807) is 25.3 Å². The van der Waals surface area contributed by atoms with Gasteiger partial charge in [-0.25, -0.2) is 13.4 Å². The van der Waals surface area contributed by atoms with Crippen LogP contribution in [0.3, 0.4) is 0 Å². The van der Waals surface area contributed by atoms with Crippen molar-refractivity contribution in [3.63, 3.8) is 0 Å². The van der Waals surface area contributed by atoms with E-state index in [-0.39, 0.29) is 44.9 Å². The molecule has 0 fully saturated rings. The predicted octanol–water partition coefficient (Wildman–Crippen LogP) is 3.42. The van der Waals surface area contributed by atoms with Crippen molar-refractivity contribution in [2.75, 3.05) is 12.8 Å². The molecule has 0 saturated carbocycles. The number of aliphatic imine (C=N–C) groups is 1. The van der Waals surface area contributed by atoms with Gasteiger partial charge >= 0.3 is 0 Å². The summed E-state index contributed by atoms with van der Waals surface area (Å²) in [4.78, 5) is 15.8. The number of hydrogen-bond acceptors (Lipinski definition) is 9. The normalized spacial score (nSPS) is 12.0. The van der Waals surface area contributed by atoms with Gasteiger partial charge in [0.15, 0.2) is 0 Å². The van der Waals surface area contributed by atoms with Crippen LogP contribution in [-0.4, -0.2) is 37.8 Å². The number of nitro groups is 1. The Hall–Kier alpha value is -3.26. The molecule has 7 N–H and O–H groups in total. The van der Waals surface area contributed by atoms with Gasteiger partial charge in [0, 0.05) is 6.07 Å². The Morgan fingerprint density at radius 2 is 1.94 bits per heavy atom. The van der Waals surface area contributed by atoms with Crippen molar-refractivity contribution in [1.82, 2.24) is 0 Å². The summed E-state index contributed by atoms with van der Waals surface area (Å²) in [5, 5.41) is 19.5. The van der Waals surface area contributed by atoms with E-state index in [2.05, 4.69) is 4.99 Å². The smallest absolute Gasteiger partial charge is 0.279 e. The van der Waals surface area contributed by atoms with Crippen molar-refractivity contribution in [2.45, 2.75) is 20.9 Å². The Balaban J connectivity index is 2.19. The third kappa shape index (κ3) is 4.97. The van der Waals surface area contributed by atoms with Crippen molar-refractivity contribution >= 4 is 56.0 Å². The van der Waals surface area contributed by atoms with Crippen molar-refractivity contribution in [3.05, 3.63) is 63.0 Å². The molecule has 0 atom stereocenters. The molecule has 0 radical (unpaired) electrons. The number of sulfone groups is 1. The number of nitro benzene ring substituents is 1. The van der Waals surface area contributed by atoms with Gasteiger partial charge in [0.05, 0.1) is 41.6 Å². The van der Waals surface area contributed by atoms with Crippen LogP contribution in [0.15, 0.2) is 61.5 Å². The SMILES string of the molecule is CSc1sc(C(=N)N)cc1S(=O)(=O)c1cccc(-c2c(C)cc(N=C(N)CN)cc2[N+](=O)[O-])c1. The van der Waals surface area contributed by atoms with E-state index in [4.69, 9.17) is 22.6 Å². The van der Waals surface area contributed by atoms with E-state index >= 15 is 0 Å². The molecule has 0 aliphatic carbocycles. The molecule has 178 valence electrons. The molecule has 3 rings (SSSR count). The number of thioether (sulfide) groups is 1. The molecule has 3 aromatic rings. The van der Waals surface area contributed by atoms with E-state index < -0.39 is 14.8 Å². The van der Waals surface area contributed by atoms with Gasteiger partial charge in [0.2, 0.25) is 9.84 Å². The number of amidine groups is 2. The average Bonchev–Trinajstić information content (AvgIpc) is 3.24. The van der Waals surface area contributed by atoms with Gasteiger partial charge in [0.1, 0.15) is 11.7 Å². The molecule has 0 saturated heterocycles. The van der Waals surface area contributed by atoms with Gasteiger partial charge in [-0.3, -0.25) is 15.5 Å². The highest BCUT2D eigenvalue weighted by Gasteiger charge is 2.27. The Bertz CT molecular complexity index is 1430. The number of hydrogen-bond donors (Lipinski definition) is 4. The number of nitrogens with two attached hydrogens (primary N) is 3. The molecular weight excluding hydrogens is 496 g/mol. The monoisotopic (exact) mass is 518 g/mol. The number of aryl methyl sites for hydroxylation is 1. The minimum absolute atomic E-state index is 0.000457. The molecule has 10 nitrogen and oxygen atoms in total. The molecule has 0 bridgehead atoms. The maximum absolute atomic E-state index is 13.4. The van der Waals surface area contributed by atoms with Crippen molar-refractivity contribution < 1.29 is 13.3 Å². The third-order valence-electron chi connectivity index (χ3n) is 4.82. The largest absolute Gasteiger partial charge is 0.386 e. The molecule has 1 heterocycles. The molecular formula is C21H22N6O4S3. The zero-order valence-corrected chi connectivity index (χ0v) is 20.7. The maximum Gasteiger partial charge on any atom is 0.279 e. The average molecular weight is 519 g/mol. The summed E-state index contributed by atoms with van der Waals surface area (Å²) >= 11 is 2.36. The first-order valence-electron chi connectivity index (χ1n) is 9.69. The first kappa shape index (κ1) is 25.4. The van der Waals surface area contributed by atoms with Crippen LogP contribution in [0.1, 0.15) is 10.4 Å². The number of nitrogens with zero attached hydrogens (tertiary/aromatic N) is 2. The molecule has 0 aliphatic rings. The number of nitrogen functional groups attached to an aromatic ring is 1. The van der Waals surface area contributed by atoms with E-state index in [0.717, 1.165) is 11.3 Å². The second-order valence-electron chi connectivity index (χ2n) is 7.13. The van der Waals surface area contributed by atoms with Crippen LogP contribution in [0.2, 0.25) is 0 Å². The standard InChI is InChI=1S/C21H22N6O4S3/c1-11-6-13(26-18(23)10-22)8-15(27(28)29)19(11)12-4-3-5-14(7-12)34(30,31)17-9-16(20(24)25)33-21(17)32-2/h3-9H,10,22H2,1-2H3,(H2,23,26)(H3,24,25). The molecule has 0 spiro atoms. The Morgan fingerprint density at radius 1 is 1.24 bits per heavy atom. The Morgan fingerprint density at radius 3 is 2.53 bits per heavy atom. The predicted molar refractivity (Wildman–Crippen MR) is 136 cm³/mol. The van der Waals surface area contributed by atoms with Gasteiger partial charge < -0.3 is 17.2 Å². The highest BCUT2D eigenvalue weighted by Crippen LogP contribution is 2.40. The van der Waals surface area contributed by atoms with Crippen LogP contribution >= 0.6 is 23.1 Å². The van der Waals surface area contributed by atoms with Crippen molar-refractivity contribution in [2.24, 2.45) is 22.2 Å². The fraction of sp³-hybridized carbons (Fsp3) is 0.143. The topological polar surface area (TPSA) is 192 Å². The lowest BCUT2D eigenvalue weighted by Gasteiger charge is -2.11. The lowest BCUT2D eigenvalue weighted by Crippen LogP contribution is -2.22. The van der Waals surface area contributed by atoms with E-state index in [0.29, 0.717) is 20.2 Å². The minimum Gasteiger partial charge on any atom is -0.386 e. The number of benzene rings is 2. The number of rotatable bonds is 8. The van der Waals surface area contributed by atoms with Crippen LogP contribution < -0.4 is 17.2 Å². The fourth-order valence-corrected chi connectivity index (χ4v) is 7.21. The third-order valence-corrected chi connectivity index (χ3v) is 9.16. The van der Waals surface area contributed by atoms with Crippen molar-refractivity contribution in [3.8, 4) is 11.1 Å². The summed E-state index contributed by atoms with van der Waals surface area (Å²) in [6.07, 6.45) is 1.74. The fourth-order valence-electron chi connectivity index (χ4n) is 3.31. The first-order valence-corrected chi connectivity index (χ1v) is 13.2. The summed E-state index contributed by atoms with van der Waals surface area (Å²) in [7, 11) is -3.98. The summed E-state index contributed by atoms with van der Waals surface area (Å²) in [5.74, 6) is -0.0976. The van der Waals surface area contributed by atoms with Gasteiger partial charge in [-0.05, 0) is 48.6 Å². The van der Waals surface area contributed by atoms with Crippen molar-refractivity contribution in [1.29, 1.82) is 5.41 Å². The quantitative estimate of drug-likeness (QED) is 0.114. The zero-order chi connectivity index (χ0) is 25.2. The molecule has 0 aliphatic heterocycles. The Labute approximate surface area is 204 Å². The second kappa shape index (κ2) is 9.93. The van der Waals surface area contributed by atoms with Crippen LogP contribution in [0.5, 0.6) is 0 Å². The zero-order valence-electron chi connectivity index (χ0n) is 18.2. The van der Waals surface area contributed by atoms with E-state index in [1.165, 1.54) is 42.1 Å². The Kier molecular flexibility index (Phi) is 7.41. The lowest BCUT2D eigenvalue weighted by atomic mass is 9.98. The molecule has 2 aromatic carbocycles. The van der Waals surface area contributed by atoms with Gasteiger partial charge in [-0.2, -0.15) is 0 Å². The molecule has 0 unspecified atom stereocenters. The number of nitrogens with one attached hydrogen (secondary N) is 1. The second-order valence-corrected chi connectivity index (χ2v) is 11.2. The highest BCUT2D eigenvalue weighted by atomic mass is 32.2. The van der Waals surface area contributed by atoms with E-state index in [9.17, 15) is 18.5 Å². The summed E-state index contributed by atoms with van der Waals surface area (Å²) in [6, 6.07) is 10.2. The van der Waals surface area contributed by atoms with E-state index in [1.807, 2.05) is 0 Å². The molecule has 34 heavy (non-hydrogen) atoms. The summed E-state index contributed by atoms with van der Waals surface area (Å²) in [6.45, 7) is 1.67. The van der Waals surface area contributed by atoms with Crippen LogP contribution in [0, 0.1) is 22.4 Å². The summed E-state index contributed by atoms with van der Waals surface area (Å²) in [5.41, 5.74) is 17.9. The number of thiophene rings is 1. The van der Waals surface area contributed by atoms with Gasteiger partial charge in [-0.1, -0.05) is 12.1 Å². The first-order chi connectivity index (χ1) is 16.0. The summed E-state index contributed by atoms with van der Waals surface area (Å²) < 4.78 is 27.4.